The zero-order chi connectivity index (χ0) is 16.9. The van der Waals surface area contributed by atoms with Gasteiger partial charge in [-0.25, -0.2) is 13.2 Å². The molecule has 2 aromatic rings. The maximum atomic E-state index is 11.7. The summed E-state index contributed by atoms with van der Waals surface area (Å²) < 4.78 is 43.4. The molecular formula is C15H14NO6S-. The average molecular weight is 336 g/mol. The molecule has 7 nitrogen and oxygen atoms in total. The molecule has 0 aliphatic heterocycles. The number of carbonyl (C=O) groups is 1. The molecule has 0 spiro atoms. The Balaban J connectivity index is 2.06. The number of ether oxygens (including phenoxy) is 2. The van der Waals surface area contributed by atoms with Gasteiger partial charge in [-0.3, -0.25) is 5.32 Å². The lowest BCUT2D eigenvalue weighted by Crippen LogP contribution is -2.14. The van der Waals surface area contributed by atoms with E-state index < -0.39 is 21.1 Å². The molecule has 8 heteroatoms. The summed E-state index contributed by atoms with van der Waals surface area (Å²) in [4.78, 5) is 11.2. The molecule has 0 aliphatic carbocycles. The number of hydrogen-bond donors (Lipinski definition) is 1. The largest absolute Gasteiger partial charge is 0.744 e. The summed E-state index contributed by atoms with van der Waals surface area (Å²) in [5, 5.41) is 2.36. The average Bonchev–Trinajstić information content (AvgIpc) is 2.53. The van der Waals surface area contributed by atoms with E-state index in [0.717, 1.165) is 11.6 Å². The summed E-state index contributed by atoms with van der Waals surface area (Å²) >= 11 is 0. The molecule has 2 aromatic carbocycles. The van der Waals surface area contributed by atoms with Crippen molar-refractivity contribution in [3.8, 4) is 5.75 Å². The third-order valence-corrected chi connectivity index (χ3v) is 3.75. The maximum Gasteiger partial charge on any atom is 0.411 e. The number of rotatable bonds is 5. The van der Waals surface area contributed by atoms with Crippen molar-refractivity contribution in [1.82, 2.24) is 0 Å². The molecule has 0 aromatic heterocycles. The van der Waals surface area contributed by atoms with Crippen LogP contribution in [0.4, 0.5) is 10.5 Å². The van der Waals surface area contributed by atoms with Gasteiger partial charge in [-0.05, 0) is 23.8 Å². The molecule has 0 atom stereocenters. The first-order chi connectivity index (χ1) is 10.9. The van der Waals surface area contributed by atoms with Crippen LogP contribution in [0.1, 0.15) is 5.56 Å². The number of carbonyl (C=O) groups excluding carboxylic acids is 1. The van der Waals surface area contributed by atoms with Gasteiger partial charge in [-0.2, -0.15) is 0 Å². The monoisotopic (exact) mass is 336 g/mol. The molecule has 0 radical (unpaired) electrons. The van der Waals surface area contributed by atoms with E-state index in [1.165, 1.54) is 19.2 Å². The number of methoxy groups -OCH3 is 1. The second-order valence-electron chi connectivity index (χ2n) is 4.51. The first-order valence-electron chi connectivity index (χ1n) is 6.52. The van der Waals surface area contributed by atoms with Crippen molar-refractivity contribution >= 4 is 21.9 Å². The van der Waals surface area contributed by atoms with Gasteiger partial charge in [0.1, 0.15) is 22.5 Å². The van der Waals surface area contributed by atoms with Gasteiger partial charge in [0.25, 0.3) is 0 Å². The molecule has 122 valence electrons. The lowest BCUT2D eigenvalue weighted by atomic mass is 10.2. The summed E-state index contributed by atoms with van der Waals surface area (Å²) in [5.74, 6) is -0.0943. The zero-order valence-electron chi connectivity index (χ0n) is 12.2. The zero-order valence-corrected chi connectivity index (χ0v) is 13.0. The fourth-order valence-electron chi connectivity index (χ4n) is 1.83. The van der Waals surface area contributed by atoms with E-state index >= 15 is 0 Å². The third kappa shape index (κ3) is 4.70. The van der Waals surface area contributed by atoms with Crippen molar-refractivity contribution in [2.24, 2.45) is 0 Å². The Morgan fingerprint density at radius 2 is 1.87 bits per heavy atom. The highest BCUT2D eigenvalue weighted by Gasteiger charge is 2.12. The predicted molar refractivity (Wildman–Crippen MR) is 81.2 cm³/mol. The smallest absolute Gasteiger partial charge is 0.411 e. The van der Waals surface area contributed by atoms with Gasteiger partial charge in [0.15, 0.2) is 0 Å². The summed E-state index contributed by atoms with van der Waals surface area (Å²) in [7, 11) is -3.48. The van der Waals surface area contributed by atoms with Crippen molar-refractivity contribution < 1.29 is 27.2 Å². The fourth-order valence-corrected chi connectivity index (χ4v) is 2.50. The molecule has 2 rings (SSSR count). The lowest BCUT2D eigenvalue weighted by molar-refractivity contribution is 0.155. The summed E-state index contributed by atoms with van der Waals surface area (Å²) in [5.41, 5.74) is 0.915. The molecule has 0 saturated carbocycles. The Hall–Kier alpha value is -2.58. The van der Waals surface area contributed by atoms with E-state index in [1.54, 1.807) is 12.1 Å². The number of anilines is 1. The minimum Gasteiger partial charge on any atom is -0.744 e. The van der Waals surface area contributed by atoms with Crippen molar-refractivity contribution in [1.29, 1.82) is 0 Å². The molecule has 0 heterocycles. The SMILES string of the molecule is COc1ccc(NC(=O)OCc2ccccc2)cc1S(=O)(=O)[O-]. The minimum absolute atomic E-state index is 0.0650. The maximum absolute atomic E-state index is 11.7. The first kappa shape index (κ1) is 16.8. The van der Waals surface area contributed by atoms with Crippen LogP contribution in [0.15, 0.2) is 53.4 Å². The summed E-state index contributed by atoms with van der Waals surface area (Å²) in [6, 6.07) is 12.7. The molecule has 0 unspecified atom stereocenters. The molecular weight excluding hydrogens is 322 g/mol. The van der Waals surface area contributed by atoms with Crippen LogP contribution >= 0.6 is 0 Å². The van der Waals surface area contributed by atoms with E-state index in [9.17, 15) is 17.8 Å². The first-order valence-corrected chi connectivity index (χ1v) is 7.92. The van der Waals surface area contributed by atoms with Crippen molar-refractivity contribution in [3.63, 3.8) is 0 Å². The van der Waals surface area contributed by atoms with E-state index in [0.29, 0.717) is 0 Å². The van der Waals surface area contributed by atoms with Crippen LogP contribution in [-0.2, 0) is 21.5 Å². The van der Waals surface area contributed by atoms with Gasteiger partial charge in [0.2, 0.25) is 0 Å². The molecule has 0 fully saturated rings. The standard InChI is InChI=1S/C15H15NO6S/c1-21-13-8-7-12(9-14(13)23(18,19)20)16-15(17)22-10-11-5-3-2-4-6-11/h2-9H,10H2,1H3,(H,16,17)(H,18,19,20)/p-1. The number of benzene rings is 2. The van der Waals surface area contributed by atoms with E-state index in [-0.39, 0.29) is 18.0 Å². The Morgan fingerprint density at radius 3 is 2.48 bits per heavy atom. The van der Waals surface area contributed by atoms with Crippen molar-refractivity contribution in [3.05, 3.63) is 54.1 Å². The van der Waals surface area contributed by atoms with Gasteiger partial charge < -0.3 is 14.0 Å². The molecule has 23 heavy (non-hydrogen) atoms. The van der Waals surface area contributed by atoms with Gasteiger partial charge >= 0.3 is 6.09 Å². The molecule has 1 amide bonds. The second-order valence-corrected chi connectivity index (χ2v) is 5.85. The van der Waals surface area contributed by atoms with Crippen LogP contribution in [0.5, 0.6) is 5.75 Å². The van der Waals surface area contributed by atoms with Crippen LogP contribution in [0.3, 0.4) is 0 Å². The van der Waals surface area contributed by atoms with E-state index in [1.807, 2.05) is 18.2 Å². The molecule has 1 N–H and O–H groups in total. The highest BCUT2D eigenvalue weighted by molar-refractivity contribution is 7.85. The highest BCUT2D eigenvalue weighted by Crippen LogP contribution is 2.26. The normalized spacial score (nSPS) is 10.9. The number of amides is 1. The number of nitrogens with one attached hydrogen (secondary N) is 1. The van der Waals surface area contributed by atoms with Crippen LogP contribution in [0.25, 0.3) is 0 Å². The molecule has 0 aliphatic rings. The fraction of sp³-hybridized carbons (Fsp3) is 0.133. The Kier molecular flexibility index (Phi) is 5.20. The lowest BCUT2D eigenvalue weighted by Gasteiger charge is -2.14. The van der Waals surface area contributed by atoms with Gasteiger partial charge in [-0.15, -0.1) is 0 Å². The third-order valence-electron chi connectivity index (χ3n) is 2.89. The van der Waals surface area contributed by atoms with E-state index in [4.69, 9.17) is 9.47 Å². The second kappa shape index (κ2) is 7.12. The van der Waals surface area contributed by atoms with E-state index in [2.05, 4.69) is 5.32 Å². The van der Waals surface area contributed by atoms with Crippen LogP contribution in [0.2, 0.25) is 0 Å². The van der Waals surface area contributed by atoms with Crippen LogP contribution in [-0.4, -0.2) is 26.2 Å². The van der Waals surface area contributed by atoms with Gasteiger partial charge in [0, 0.05) is 5.69 Å². The van der Waals surface area contributed by atoms with Gasteiger partial charge in [-0.1, -0.05) is 30.3 Å². The van der Waals surface area contributed by atoms with Crippen LogP contribution in [0, 0.1) is 0 Å². The Bertz CT molecular complexity index is 789. The highest BCUT2D eigenvalue weighted by atomic mass is 32.2. The van der Waals surface area contributed by atoms with Crippen molar-refractivity contribution in [2.75, 3.05) is 12.4 Å². The number of hydrogen-bond acceptors (Lipinski definition) is 6. The predicted octanol–water partition coefficient (Wildman–Crippen LogP) is 2.35. The van der Waals surface area contributed by atoms with Gasteiger partial charge in [0.05, 0.1) is 12.0 Å². The van der Waals surface area contributed by atoms with Crippen LogP contribution < -0.4 is 10.1 Å². The summed E-state index contributed by atoms with van der Waals surface area (Å²) in [6.45, 7) is 0.0650. The minimum atomic E-state index is -4.73. The molecule has 0 bridgehead atoms. The quantitative estimate of drug-likeness (QED) is 0.840. The van der Waals surface area contributed by atoms with Crippen molar-refractivity contribution in [2.45, 2.75) is 11.5 Å². The topological polar surface area (TPSA) is 105 Å². The Morgan fingerprint density at radius 1 is 1.17 bits per heavy atom. The summed E-state index contributed by atoms with van der Waals surface area (Å²) in [6.07, 6.45) is -0.770. The Labute approximate surface area is 133 Å². The molecule has 0 saturated heterocycles.